The van der Waals surface area contributed by atoms with Gasteiger partial charge in [0.25, 0.3) is 5.60 Å². The highest BCUT2D eigenvalue weighted by atomic mass is 35.5. The first-order chi connectivity index (χ1) is 17.7. The van der Waals surface area contributed by atoms with Gasteiger partial charge in [-0.3, -0.25) is 0 Å². The molecule has 0 amide bonds. The molecule has 0 spiro atoms. The zero-order valence-electron chi connectivity index (χ0n) is 19.4. The van der Waals surface area contributed by atoms with Crippen LogP contribution in [0.3, 0.4) is 0 Å². The summed E-state index contributed by atoms with van der Waals surface area (Å²) in [7, 11) is 1.07. The minimum atomic E-state index is -6.02. The van der Waals surface area contributed by atoms with Crippen LogP contribution < -0.4 is 4.74 Å². The maximum absolute atomic E-state index is 13.4. The van der Waals surface area contributed by atoms with Gasteiger partial charge in [0, 0.05) is 22.2 Å². The number of ether oxygens (including phenoxy) is 2. The van der Waals surface area contributed by atoms with Crippen LogP contribution in [0.15, 0.2) is 52.9 Å². The van der Waals surface area contributed by atoms with Crippen molar-refractivity contribution < 1.29 is 50.1 Å². The largest absolute Gasteiger partial charge is 0.516 e. The van der Waals surface area contributed by atoms with Crippen LogP contribution in [0.5, 0.6) is 5.95 Å². The Kier molecular flexibility index (Phi) is 6.87. The Morgan fingerprint density at radius 1 is 1.08 bits per heavy atom. The van der Waals surface area contributed by atoms with E-state index in [1.807, 2.05) is 0 Å². The van der Waals surface area contributed by atoms with Crippen molar-refractivity contribution in [3.63, 3.8) is 0 Å². The zero-order valence-corrected chi connectivity index (χ0v) is 20.2. The first kappa shape index (κ1) is 27.3. The summed E-state index contributed by atoms with van der Waals surface area (Å²) >= 11 is 6.20. The molecule has 0 saturated heterocycles. The quantitative estimate of drug-likeness (QED) is 0.214. The van der Waals surface area contributed by atoms with E-state index in [2.05, 4.69) is 9.72 Å². The Bertz CT molecular complexity index is 1490. The van der Waals surface area contributed by atoms with E-state index in [9.17, 15) is 36.2 Å². The van der Waals surface area contributed by atoms with E-state index in [1.165, 1.54) is 10.6 Å². The number of hydrogen-bond acceptors (Lipinski definition) is 6. The number of aliphatic hydroxyl groups is 1. The minimum Gasteiger partial charge on any atom is -0.437 e. The van der Waals surface area contributed by atoms with Gasteiger partial charge in [0.1, 0.15) is 5.69 Å². The van der Waals surface area contributed by atoms with Gasteiger partial charge in [-0.25, -0.2) is 9.78 Å². The number of aromatic nitrogens is 2. The van der Waals surface area contributed by atoms with Gasteiger partial charge < -0.3 is 23.6 Å². The fourth-order valence-electron chi connectivity index (χ4n) is 3.87. The van der Waals surface area contributed by atoms with Crippen molar-refractivity contribution in [2.75, 3.05) is 7.11 Å². The summed E-state index contributed by atoms with van der Waals surface area (Å²) in [5.41, 5.74) is -5.42. The molecule has 0 aliphatic carbocycles. The molecular weight excluding hydrogens is 546 g/mol. The average Bonchev–Trinajstić information content (AvgIpc) is 3.36. The number of nitrogens with zero attached hydrogens (tertiary/aromatic N) is 2. The van der Waals surface area contributed by atoms with Crippen LogP contribution in [0, 0.1) is 6.92 Å². The standard InChI is InChI=1S/C24H17ClF6N2O5/c1-12-9-13-10-14(22(35,23(26,27)28)24(29,30)31)7-8-18(13)33(12)11-17-20(38-21(34)36-2)37-19(32-17)15-5-3-4-6-16(15)25/h3-10,35H,11H2,1-2H3. The third-order valence-corrected chi connectivity index (χ3v) is 6.09. The molecule has 0 aliphatic rings. The summed E-state index contributed by atoms with van der Waals surface area (Å²) in [6, 6.07) is 10.0. The number of hydrogen-bond donors (Lipinski definition) is 1. The molecular formula is C24H17ClF6N2O5. The Morgan fingerprint density at radius 2 is 1.74 bits per heavy atom. The molecule has 2 heterocycles. The van der Waals surface area contributed by atoms with E-state index < -0.39 is 29.7 Å². The SMILES string of the molecule is COC(=O)Oc1oc(-c2ccccc2Cl)nc1Cn1c(C)cc2cc(C(O)(C(F)(F)F)C(F)(F)F)ccc21. The van der Waals surface area contributed by atoms with E-state index >= 15 is 0 Å². The number of oxazole rings is 1. The molecule has 0 unspecified atom stereocenters. The van der Waals surface area contributed by atoms with E-state index in [0.29, 0.717) is 23.4 Å². The molecule has 0 saturated carbocycles. The van der Waals surface area contributed by atoms with Crippen LogP contribution in [0.2, 0.25) is 5.02 Å². The fraction of sp³-hybridized carbons (Fsp3) is 0.250. The van der Waals surface area contributed by atoms with E-state index in [4.69, 9.17) is 20.8 Å². The predicted octanol–water partition coefficient (Wildman–Crippen LogP) is 6.76. The van der Waals surface area contributed by atoms with Crippen LogP contribution >= 0.6 is 11.6 Å². The van der Waals surface area contributed by atoms with Crippen LogP contribution in [-0.2, 0) is 16.9 Å². The number of benzene rings is 2. The Hall–Kier alpha value is -3.71. The second kappa shape index (κ2) is 9.55. The lowest BCUT2D eigenvalue weighted by atomic mass is 9.91. The van der Waals surface area contributed by atoms with Gasteiger partial charge in [0.15, 0.2) is 0 Å². The lowest BCUT2D eigenvalue weighted by Gasteiger charge is -2.32. The van der Waals surface area contributed by atoms with Crippen molar-refractivity contribution in [1.29, 1.82) is 0 Å². The number of methoxy groups -OCH3 is 1. The minimum absolute atomic E-state index is 0.0127. The molecule has 2 aromatic heterocycles. The zero-order chi connectivity index (χ0) is 28.0. The molecule has 1 N–H and O–H groups in total. The van der Waals surface area contributed by atoms with Crippen LogP contribution in [0.1, 0.15) is 17.0 Å². The van der Waals surface area contributed by atoms with Crippen LogP contribution in [-0.4, -0.2) is 40.3 Å². The van der Waals surface area contributed by atoms with Crippen molar-refractivity contribution >= 4 is 28.7 Å². The first-order valence-electron chi connectivity index (χ1n) is 10.6. The number of alkyl halides is 6. The maximum atomic E-state index is 13.4. The summed E-state index contributed by atoms with van der Waals surface area (Å²) < 4.78 is 96.7. The van der Waals surface area contributed by atoms with Crippen molar-refractivity contribution in [3.8, 4) is 17.4 Å². The lowest BCUT2D eigenvalue weighted by molar-refractivity contribution is -0.376. The average molecular weight is 563 g/mol. The van der Waals surface area contributed by atoms with Gasteiger partial charge in [0.2, 0.25) is 5.89 Å². The highest BCUT2D eigenvalue weighted by molar-refractivity contribution is 6.33. The van der Waals surface area contributed by atoms with Crippen molar-refractivity contribution in [3.05, 3.63) is 70.5 Å². The van der Waals surface area contributed by atoms with E-state index in [1.54, 1.807) is 31.2 Å². The molecule has 7 nitrogen and oxygen atoms in total. The maximum Gasteiger partial charge on any atom is 0.516 e. The molecule has 4 rings (SSSR count). The van der Waals surface area contributed by atoms with Gasteiger partial charge in [-0.2, -0.15) is 26.3 Å². The third-order valence-electron chi connectivity index (χ3n) is 5.76. The molecule has 202 valence electrons. The van der Waals surface area contributed by atoms with Crippen LogP contribution in [0.4, 0.5) is 31.1 Å². The molecule has 0 radical (unpaired) electrons. The third kappa shape index (κ3) is 4.67. The summed E-state index contributed by atoms with van der Waals surface area (Å²) in [5, 5.41) is 10.0. The molecule has 0 fully saturated rings. The second-order valence-electron chi connectivity index (χ2n) is 8.14. The van der Waals surface area contributed by atoms with Gasteiger partial charge in [0.05, 0.1) is 24.2 Å². The van der Waals surface area contributed by atoms with Gasteiger partial charge >= 0.3 is 24.5 Å². The van der Waals surface area contributed by atoms with Crippen molar-refractivity contribution in [1.82, 2.24) is 9.55 Å². The summed E-state index contributed by atoms with van der Waals surface area (Å²) in [4.78, 5) is 16.1. The number of fused-ring (bicyclic) bond motifs is 1. The van der Waals surface area contributed by atoms with E-state index in [0.717, 1.165) is 13.2 Å². The highest BCUT2D eigenvalue weighted by Gasteiger charge is 2.71. The molecule has 0 aliphatic heterocycles. The van der Waals surface area contributed by atoms with Gasteiger partial charge in [-0.1, -0.05) is 29.8 Å². The molecule has 0 bridgehead atoms. The topological polar surface area (TPSA) is 86.7 Å². The highest BCUT2D eigenvalue weighted by Crippen LogP contribution is 2.50. The summed E-state index contributed by atoms with van der Waals surface area (Å²) in [6.07, 6.45) is -13.2. The number of halogens is 7. The smallest absolute Gasteiger partial charge is 0.437 e. The molecule has 38 heavy (non-hydrogen) atoms. The molecule has 14 heteroatoms. The predicted molar refractivity (Wildman–Crippen MR) is 122 cm³/mol. The van der Waals surface area contributed by atoms with Gasteiger partial charge in [-0.05, 0) is 37.3 Å². The van der Waals surface area contributed by atoms with Crippen LogP contribution in [0.25, 0.3) is 22.4 Å². The second-order valence-corrected chi connectivity index (χ2v) is 8.55. The summed E-state index contributed by atoms with van der Waals surface area (Å²) in [5.74, 6) is -0.366. The fourth-order valence-corrected chi connectivity index (χ4v) is 4.08. The number of carbonyl (C=O) groups is 1. The Labute approximate surface area is 215 Å². The molecule has 2 aromatic carbocycles. The first-order valence-corrected chi connectivity index (χ1v) is 11.0. The number of aryl methyl sites for hydroxylation is 1. The monoisotopic (exact) mass is 562 g/mol. The number of carbonyl (C=O) groups excluding carboxylic acids is 1. The molecule has 4 aromatic rings. The molecule has 0 atom stereocenters. The van der Waals surface area contributed by atoms with Crippen molar-refractivity contribution in [2.45, 2.75) is 31.4 Å². The normalized spacial score (nSPS) is 12.7. The van der Waals surface area contributed by atoms with E-state index in [-0.39, 0.29) is 40.0 Å². The van der Waals surface area contributed by atoms with Gasteiger partial charge in [-0.15, -0.1) is 0 Å². The Morgan fingerprint density at radius 3 is 2.34 bits per heavy atom. The number of rotatable bonds is 5. The lowest BCUT2D eigenvalue weighted by Crippen LogP contribution is -2.53. The van der Waals surface area contributed by atoms with Crippen molar-refractivity contribution in [2.24, 2.45) is 0 Å². The Balaban J connectivity index is 1.80. The summed E-state index contributed by atoms with van der Waals surface area (Å²) in [6.45, 7) is 1.38.